The predicted molar refractivity (Wildman–Crippen MR) is 65.2 cm³/mol. The maximum atomic E-state index is 13.4. The number of sulfone groups is 1. The molecule has 1 atom stereocenters. The number of carboxylic acids is 1. The van der Waals surface area contributed by atoms with Crippen molar-refractivity contribution in [1.82, 2.24) is 0 Å². The van der Waals surface area contributed by atoms with Gasteiger partial charge in [-0.25, -0.2) is 12.8 Å². The molecule has 1 rings (SSSR count). The Balaban J connectivity index is 3.48. The molecular weight excluding hydrogens is 277 g/mol. The fourth-order valence-corrected chi connectivity index (χ4v) is 2.52. The lowest BCUT2D eigenvalue weighted by molar-refractivity contribution is -0.137. The van der Waals surface area contributed by atoms with Gasteiger partial charge in [0.15, 0.2) is 9.84 Å². The first-order chi connectivity index (χ1) is 8.66. The molecule has 0 saturated heterocycles. The second-order valence-corrected chi connectivity index (χ2v) is 5.99. The van der Waals surface area contributed by atoms with Crippen molar-refractivity contribution in [2.45, 2.75) is 17.4 Å². The van der Waals surface area contributed by atoms with E-state index in [0.29, 0.717) is 0 Å². The summed E-state index contributed by atoms with van der Waals surface area (Å²) in [6.07, 6.45) is 0.430. The van der Waals surface area contributed by atoms with E-state index in [1.165, 1.54) is 7.11 Å². The SMILES string of the molecule is COc1c(C(N)CC(=O)O)cc(F)cc1S(C)(=O)=O. The third kappa shape index (κ3) is 3.65. The van der Waals surface area contributed by atoms with Crippen LogP contribution in [-0.2, 0) is 14.6 Å². The van der Waals surface area contributed by atoms with E-state index in [1.54, 1.807) is 0 Å². The van der Waals surface area contributed by atoms with Gasteiger partial charge in [0.05, 0.1) is 13.5 Å². The van der Waals surface area contributed by atoms with Crippen molar-refractivity contribution in [3.8, 4) is 5.75 Å². The minimum atomic E-state index is -3.72. The van der Waals surface area contributed by atoms with Gasteiger partial charge in [0.25, 0.3) is 0 Å². The van der Waals surface area contributed by atoms with Crippen molar-refractivity contribution in [3.05, 3.63) is 23.5 Å². The summed E-state index contributed by atoms with van der Waals surface area (Å²) in [7, 11) is -2.51. The number of benzene rings is 1. The van der Waals surface area contributed by atoms with Crippen LogP contribution in [-0.4, -0.2) is 32.9 Å². The molecule has 0 saturated carbocycles. The average molecular weight is 291 g/mol. The van der Waals surface area contributed by atoms with Gasteiger partial charge in [0.1, 0.15) is 16.5 Å². The average Bonchev–Trinajstić information content (AvgIpc) is 2.25. The molecule has 0 fully saturated rings. The van der Waals surface area contributed by atoms with E-state index in [-0.39, 0.29) is 16.2 Å². The van der Waals surface area contributed by atoms with Crippen LogP contribution >= 0.6 is 0 Å². The maximum absolute atomic E-state index is 13.4. The number of hydrogen-bond acceptors (Lipinski definition) is 5. The summed E-state index contributed by atoms with van der Waals surface area (Å²) in [5, 5.41) is 8.67. The van der Waals surface area contributed by atoms with Gasteiger partial charge in [-0.2, -0.15) is 0 Å². The summed E-state index contributed by atoms with van der Waals surface area (Å²) < 4.78 is 41.5. The lowest BCUT2D eigenvalue weighted by Gasteiger charge is -2.17. The van der Waals surface area contributed by atoms with Gasteiger partial charge in [-0.15, -0.1) is 0 Å². The Morgan fingerprint density at radius 2 is 2.11 bits per heavy atom. The van der Waals surface area contributed by atoms with Gasteiger partial charge in [0.2, 0.25) is 0 Å². The second kappa shape index (κ2) is 5.54. The topological polar surface area (TPSA) is 107 Å². The molecule has 3 N–H and O–H groups in total. The molecule has 0 amide bonds. The van der Waals surface area contributed by atoms with E-state index in [0.717, 1.165) is 18.4 Å². The molecule has 106 valence electrons. The van der Waals surface area contributed by atoms with Crippen LogP contribution in [0.5, 0.6) is 5.75 Å². The third-order valence-electron chi connectivity index (χ3n) is 2.45. The van der Waals surface area contributed by atoms with Crippen LogP contribution in [0.3, 0.4) is 0 Å². The minimum absolute atomic E-state index is 0.00493. The van der Waals surface area contributed by atoms with E-state index < -0.39 is 34.1 Å². The van der Waals surface area contributed by atoms with Crippen LogP contribution in [0.15, 0.2) is 17.0 Å². The zero-order valence-corrected chi connectivity index (χ0v) is 11.2. The zero-order valence-electron chi connectivity index (χ0n) is 10.4. The summed E-state index contributed by atoms with van der Waals surface area (Å²) in [4.78, 5) is 10.3. The van der Waals surface area contributed by atoms with Gasteiger partial charge < -0.3 is 15.6 Å². The molecule has 1 aromatic rings. The van der Waals surface area contributed by atoms with Crippen LogP contribution < -0.4 is 10.5 Å². The summed E-state index contributed by atoms with van der Waals surface area (Å²) in [6.45, 7) is 0. The Morgan fingerprint density at radius 1 is 1.53 bits per heavy atom. The molecule has 0 aromatic heterocycles. The quantitative estimate of drug-likeness (QED) is 0.827. The fourth-order valence-electron chi connectivity index (χ4n) is 1.66. The van der Waals surface area contributed by atoms with Crippen molar-refractivity contribution >= 4 is 15.8 Å². The molecule has 1 unspecified atom stereocenters. The number of ether oxygens (including phenoxy) is 1. The number of carboxylic acid groups (broad SMARTS) is 1. The first-order valence-electron chi connectivity index (χ1n) is 5.21. The molecule has 0 aliphatic carbocycles. The monoisotopic (exact) mass is 291 g/mol. The van der Waals surface area contributed by atoms with Crippen molar-refractivity contribution in [2.24, 2.45) is 5.73 Å². The van der Waals surface area contributed by atoms with E-state index in [4.69, 9.17) is 15.6 Å². The van der Waals surface area contributed by atoms with Gasteiger partial charge in [0, 0.05) is 17.9 Å². The molecule has 0 aliphatic rings. The Labute approximate surface area is 109 Å². The van der Waals surface area contributed by atoms with Crippen molar-refractivity contribution in [1.29, 1.82) is 0 Å². The van der Waals surface area contributed by atoms with Crippen molar-refractivity contribution in [2.75, 3.05) is 13.4 Å². The standard InChI is InChI=1S/C11H14FNO5S/c1-18-11-7(8(13)5-10(14)15)3-6(12)4-9(11)19(2,16)17/h3-4,8H,5,13H2,1-2H3,(H,14,15). The number of methoxy groups -OCH3 is 1. The summed E-state index contributed by atoms with van der Waals surface area (Å²) in [5.41, 5.74) is 5.64. The highest BCUT2D eigenvalue weighted by atomic mass is 32.2. The lowest BCUT2D eigenvalue weighted by Crippen LogP contribution is -2.17. The number of nitrogens with two attached hydrogens (primary N) is 1. The van der Waals surface area contributed by atoms with Gasteiger partial charge in [-0.3, -0.25) is 4.79 Å². The highest BCUT2D eigenvalue weighted by Crippen LogP contribution is 2.33. The largest absolute Gasteiger partial charge is 0.495 e. The van der Waals surface area contributed by atoms with Crippen LogP contribution in [0.2, 0.25) is 0 Å². The van der Waals surface area contributed by atoms with Crippen molar-refractivity contribution < 1.29 is 27.4 Å². The minimum Gasteiger partial charge on any atom is -0.495 e. The first-order valence-corrected chi connectivity index (χ1v) is 7.10. The van der Waals surface area contributed by atoms with Crippen LogP contribution in [0.25, 0.3) is 0 Å². The number of aliphatic carboxylic acids is 1. The maximum Gasteiger partial charge on any atom is 0.305 e. The van der Waals surface area contributed by atoms with E-state index in [1.807, 2.05) is 0 Å². The van der Waals surface area contributed by atoms with Crippen molar-refractivity contribution in [3.63, 3.8) is 0 Å². The Kier molecular flexibility index (Phi) is 4.48. The summed E-state index contributed by atoms with van der Waals surface area (Å²) in [6, 6.07) is 0.718. The van der Waals surface area contributed by atoms with E-state index in [2.05, 4.69) is 0 Å². The zero-order chi connectivity index (χ0) is 14.8. The molecule has 0 bridgehead atoms. The highest BCUT2D eigenvalue weighted by molar-refractivity contribution is 7.90. The first kappa shape index (κ1) is 15.4. The van der Waals surface area contributed by atoms with Gasteiger partial charge in [-0.1, -0.05) is 0 Å². The smallest absolute Gasteiger partial charge is 0.305 e. The summed E-state index contributed by atoms with van der Waals surface area (Å²) in [5.74, 6) is -2.13. The number of hydrogen-bond donors (Lipinski definition) is 2. The van der Waals surface area contributed by atoms with E-state index in [9.17, 15) is 17.6 Å². The van der Waals surface area contributed by atoms with Gasteiger partial charge in [-0.05, 0) is 12.1 Å². The molecule has 0 heterocycles. The fraction of sp³-hybridized carbons (Fsp3) is 0.364. The number of halogens is 1. The molecule has 0 spiro atoms. The Morgan fingerprint density at radius 3 is 2.53 bits per heavy atom. The van der Waals surface area contributed by atoms with Gasteiger partial charge >= 0.3 is 5.97 Å². The van der Waals surface area contributed by atoms with E-state index >= 15 is 0 Å². The Hall–Kier alpha value is -1.67. The van der Waals surface area contributed by atoms with Crippen LogP contribution in [0.4, 0.5) is 4.39 Å². The molecule has 0 aliphatic heterocycles. The second-order valence-electron chi connectivity index (χ2n) is 4.00. The lowest BCUT2D eigenvalue weighted by atomic mass is 10.0. The Bertz CT molecular complexity index is 599. The van der Waals surface area contributed by atoms with Crippen LogP contribution in [0, 0.1) is 5.82 Å². The third-order valence-corrected chi connectivity index (χ3v) is 3.55. The molecule has 19 heavy (non-hydrogen) atoms. The normalized spacial score (nSPS) is 13.1. The number of carbonyl (C=O) groups is 1. The van der Waals surface area contributed by atoms with Crippen LogP contribution in [0.1, 0.15) is 18.0 Å². The molecular formula is C11H14FNO5S. The molecule has 8 heteroatoms. The predicted octanol–water partition coefficient (Wildman–Crippen LogP) is 0.712. The number of rotatable bonds is 5. The molecule has 6 nitrogen and oxygen atoms in total. The molecule has 1 aromatic carbocycles. The molecule has 0 radical (unpaired) electrons. The highest BCUT2D eigenvalue weighted by Gasteiger charge is 2.24. The summed E-state index contributed by atoms with van der Waals surface area (Å²) >= 11 is 0.